The molecule has 0 saturated carbocycles. The molecule has 1 aromatic carbocycles. The fraction of sp³-hybridized carbons (Fsp3) is 0.400. The molecule has 40 heavy (non-hydrogen) atoms. The zero-order chi connectivity index (χ0) is 28.8. The average molecular weight is 547 g/mol. The monoisotopic (exact) mass is 546 g/mol. The fourth-order valence-corrected chi connectivity index (χ4v) is 5.66. The van der Waals surface area contributed by atoms with E-state index in [0.29, 0.717) is 18.7 Å². The Balaban J connectivity index is 1.35. The summed E-state index contributed by atoms with van der Waals surface area (Å²) in [4.78, 5) is 36.6. The van der Waals surface area contributed by atoms with Crippen LogP contribution in [0.15, 0.2) is 37.2 Å². The first-order chi connectivity index (χ1) is 19.0. The Morgan fingerprint density at radius 1 is 1.27 bits per heavy atom. The number of hydrogen-bond donors (Lipinski definition) is 1. The van der Waals surface area contributed by atoms with Gasteiger partial charge in [0.25, 0.3) is 5.91 Å². The Morgan fingerprint density at radius 2 is 2.05 bits per heavy atom. The minimum absolute atomic E-state index is 0.0264. The molecule has 2 aromatic heterocycles. The first-order valence-corrected chi connectivity index (χ1v) is 13.4. The predicted molar refractivity (Wildman–Crippen MR) is 150 cm³/mol. The van der Waals surface area contributed by atoms with Gasteiger partial charge in [-0.25, -0.2) is 14.4 Å². The van der Waals surface area contributed by atoms with Crippen molar-refractivity contribution in [3.05, 3.63) is 71.1 Å². The number of aromatic nitrogens is 3. The molecule has 0 spiro atoms. The quantitative estimate of drug-likeness (QED) is 0.431. The van der Waals surface area contributed by atoms with Gasteiger partial charge in [0.2, 0.25) is 5.91 Å². The van der Waals surface area contributed by atoms with Crippen molar-refractivity contribution in [2.75, 3.05) is 32.5 Å². The highest BCUT2D eigenvalue weighted by Crippen LogP contribution is 2.39. The van der Waals surface area contributed by atoms with Gasteiger partial charge in [0.15, 0.2) is 11.6 Å². The number of amides is 2. The molecular formula is C30H35FN6O3. The molecule has 2 aliphatic rings. The molecule has 0 saturated heterocycles. The summed E-state index contributed by atoms with van der Waals surface area (Å²) in [6, 6.07) is 5.49. The van der Waals surface area contributed by atoms with E-state index >= 15 is 4.39 Å². The van der Waals surface area contributed by atoms with Gasteiger partial charge in [-0.15, -0.1) is 0 Å². The summed E-state index contributed by atoms with van der Waals surface area (Å²) in [5.74, 6) is -0.515. The second kappa shape index (κ2) is 10.4. The van der Waals surface area contributed by atoms with E-state index in [2.05, 4.69) is 35.0 Å². The number of nitrogens with zero attached hydrogens (tertiary/aromatic N) is 5. The normalized spacial score (nSPS) is 15.5. The lowest BCUT2D eigenvalue weighted by molar-refractivity contribution is -0.125. The van der Waals surface area contributed by atoms with E-state index in [1.165, 1.54) is 28.6 Å². The zero-order valence-electron chi connectivity index (χ0n) is 23.5. The minimum atomic E-state index is -0.464. The first kappa shape index (κ1) is 27.4. The van der Waals surface area contributed by atoms with Crippen LogP contribution in [-0.2, 0) is 30.7 Å². The molecule has 2 N–H and O–H groups in total. The largest absolute Gasteiger partial charge is 0.486 e. The molecule has 0 atom stereocenters. The SMILES string of the molecule is C=CC(=O)N(C)CCOc1c(N)ncnc1-c1ccc(CN2CCn3c(cc4c3CC(C)(C)C4)C2=O)c(C)c1F. The molecule has 210 valence electrons. The summed E-state index contributed by atoms with van der Waals surface area (Å²) in [5, 5.41) is 0. The van der Waals surface area contributed by atoms with E-state index in [9.17, 15) is 9.59 Å². The molecule has 3 aromatic rings. The van der Waals surface area contributed by atoms with E-state index < -0.39 is 5.82 Å². The molecule has 0 bridgehead atoms. The number of ether oxygens (including phenoxy) is 1. The lowest BCUT2D eigenvalue weighted by atomic mass is 9.90. The van der Waals surface area contributed by atoms with E-state index in [1.807, 2.05) is 12.1 Å². The van der Waals surface area contributed by atoms with Crippen molar-refractivity contribution in [1.29, 1.82) is 0 Å². The minimum Gasteiger partial charge on any atom is -0.486 e. The van der Waals surface area contributed by atoms with E-state index in [4.69, 9.17) is 10.5 Å². The Bertz CT molecular complexity index is 1510. The van der Waals surface area contributed by atoms with Crippen LogP contribution in [0.5, 0.6) is 5.75 Å². The molecule has 1 aliphatic carbocycles. The number of benzene rings is 1. The van der Waals surface area contributed by atoms with Crippen molar-refractivity contribution in [3.8, 4) is 17.0 Å². The Kier molecular flexibility index (Phi) is 7.12. The molecule has 3 heterocycles. The van der Waals surface area contributed by atoms with Crippen LogP contribution in [0.4, 0.5) is 10.2 Å². The van der Waals surface area contributed by atoms with Gasteiger partial charge in [-0.1, -0.05) is 26.5 Å². The van der Waals surface area contributed by atoms with Crippen molar-refractivity contribution in [2.45, 2.75) is 46.7 Å². The van der Waals surface area contributed by atoms with E-state index in [1.54, 1.807) is 24.9 Å². The number of nitrogens with two attached hydrogens (primary N) is 1. The zero-order valence-corrected chi connectivity index (χ0v) is 23.5. The Labute approximate surface area is 233 Å². The smallest absolute Gasteiger partial charge is 0.270 e. The van der Waals surface area contributed by atoms with Crippen LogP contribution in [-0.4, -0.2) is 62.9 Å². The van der Waals surface area contributed by atoms with E-state index in [-0.39, 0.29) is 53.2 Å². The summed E-state index contributed by atoms with van der Waals surface area (Å²) in [7, 11) is 1.62. The Morgan fingerprint density at radius 3 is 2.80 bits per heavy atom. The third-order valence-electron chi connectivity index (χ3n) is 7.88. The van der Waals surface area contributed by atoms with Crippen LogP contribution < -0.4 is 10.5 Å². The van der Waals surface area contributed by atoms with Gasteiger partial charge in [0.05, 0.1) is 6.54 Å². The van der Waals surface area contributed by atoms with Gasteiger partial charge in [0.1, 0.15) is 30.1 Å². The van der Waals surface area contributed by atoms with Crippen molar-refractivity contribution in [1.82, 2.24) is 24.3 Å². The number of hydrogen-bond acceptors (Lipinski definition) is 6. The third kappa shape index (κ3) is 4.94. The molecule has 0 radical (unpaired) electrons. The number of rotatable bonds is 8. The number of anilines is 1. The second-order valence-corrected chi connectivity index (χ2v) is 11.4. The maximum absolute atomic E-state index is 15.8. The third-order valence-corrected chi connectivity index (χ3v) is 7.88. The van der Waals surface area contributed by atoms with Gasteiger partial charge >= 0.3 is 0 Å². The number of halogens is 1. The van der Waals surface area contributed by atoms with Crippen molar-refractivity contribution in [2.24, 2.45) is 5.41 Å². The molecule has 0 unspecified atom stereocenters. The number of carbonyl (C=O) groups excluding carboxylic acids is 2. The standard InChI is InChI=1S/C30H35FN6O3/c1-6-24(38)35(5)11-12-40-27-26(33-17-34-28(27)32)21-8-7-19(18(2)25(21)31)16-36-9-10-37-22(29(36)39)13-20-14-30(3,4)15-23(20)37/h6-8,13,17H,1,9-12,14-16H2,2-5H3,(H2,32,33,34). The predicted octanol–water partition coefficient (Wildman–Crippen LogP) is 3.78. The van der Waals surface area contributed by atoms with Crippen LogP contribution in [0.2, 0.25) is 0 Å². The second-order valence-electron chi connectivity index (χ2n) is 11.4. The highest BCUT2D eigenvalue weighted by Gasteiger charge is 2.36. The van der Waals surface area contributed by atoms with Crippen LogP contribution in [0.25, 0.3) is 11.3 Å². The number of carbonyl (C=O) groups is 2. The lowest BCUT2D eigenvalue weighted by Crippen LogP contribution is -2.40. The molecule has 2 amide bonds. The average Bonchev–Trinajstić information content (AvgIpc) is 3.40. The summed E-state index contributed by atoms with van der Waals surface area (Å²) in [6.07, 6.45) is 4.43. The number of nitrogen functional groups attached to an aromatic ring is 1. The van der Waals surface area contributed by atoms with Crippen LogP contribution >= 0.6 is 0 Å². The number of likely N-dealkylation sites (N-methyl/N-ethyl adjacent to an activating group) is 1. The molecule has 0 fully saturated rings. The van der Waals surface area contributed by atoms with Gasteiger partial charge < -0.3 is 24.8 Å². The van der Waals surface area contributed by atoms with Crippen molar-refractivity contribution >= 4 is 17.6 Å². The summed E-state index contributed by atoms with van der Waals surface area (Å²) in [5.41, 5.74) is 11.1. The fourth-order valence-electron chi connectivity index (χ4n) is 5.66. The van der Waals surface area contributed by atoms with Gasteiger partial charge in [-0.2, -0.15) is 0 Å². The van der Waals surface area contributed by atoms with Gasteiger partial charge in [0, 0.05) is 37.9 Å². The van der Waals surface area contributed by atoms with Crippen LogP contribution in [0, 0.1) is 18.2 Å². The topological polar surface area (TPSA) is 107 Å². The highest BCUT2D eigenvalue weighted by atomic mass is 19.1. The molecule has 9 nitrogen and oxygen atoms in total. The Hall–Kier alpha value is -4.21. The summed E-state index contributed by atoms with van der Waals surface area (Å²) in [6.45, 7) is 11.7. The number of fused-ring (bicyclic) bond motifs is 3. The molecule has 1 aliphatic heterocycles. The highest BCUT2D eigenvalue weighted by molar-refractivity contribution is 5.94. The maximum Gasteiger partial charge on any atom is 0.270 e. The van der Waals surface area contributed by atoms with Crippen molar-refractivity contribution in [3.63, 3.8) is 0 Å². The summed E-state index contributed by atoms with van der Waals surface area (Å²) < 4.78 is 23.8. The first-order valence-electron chi connectivity index (χ1n) is 13.4. The lowest BCUT2D eigenvalue weighted by Gasteiger charge is -2.30. The summed E-state index contributed by atoms with van der Waals surface area (Å²) >= 11 is 0. The molecule has 10 heteroatoms. The van der Waals surface area contributed by atoms with Crippen LogP contribution in [0.1, 0.15) is 46.7 Å². The van der Waals surface area contributed by atoms with E-state index in [0.717, 1.165) is 30.6 Å². The van der Waals surface area contributed by atoms with Gasteiger partial charge in [-0.05, 0) is 60.1 Å². The van der Waals surface area contributed by atoms with Crippen LogP contribution in [0.3, 0.4) is 0 Å². The maximum atomic E-state index is 15.8. The molecular weight excluding hydrogens is 511 g/mol. The van der Waals surface area contributed by atoms with Gasteiger partial charge in [-0.3, -0.25) is 9.59 Å². The molecule has 5 rings (SSSR count). The van der Waals surface area contributed by atoms with Crippen molar-refractivity contribution < 1.29 is 18.7 Å².